The van der Waals surface area contributed by atoms with Crippen molar-refractivity contribution in [2.45, 2.75) is 18.9 Å². The molecule has 0 aliphatic rings. The van der Waals surface area contributed by atoms with Gasteiger partial charge in [0.1, 0.15) is 6.79 Å². The number of methoxy groups -OCH3 is 1. The van der Waals surface area contributed by atoms with Gasteiger partial charge in [0.15, 0.2) is 0 Å². The van der Waals surface area contributed by atoms with Gasteiger partial charge in [-0.2, -0.15) is 0 Å². The Morgan fingerprint density at radius 3 is 2.25 bits per heavy atom. The van der Waals surface area contributed by atoms with E-state index in [2.05, 4.69) is 5.32 Å². The van der Waals surface area contributed by atoms with E-state index in [0.29, 0.717) is 17.0 Å². The zero-order valence-corrected chi connectivity index (χ0v) is 16.2. The fourth-order valence-corrected chi connectivity index (χ4v) is 2.68. The lowest BCUT2D eigenvalue weighted by Gasteiger charge is -2.18. The van der Waals surface area contributed by atoms with Gasteiger partial charge in [0, 0.05) is 24.1 Å². The molecule has 7 nitrogen and oxygen atoms in total. The smallest absolute Gasteiger partial charge is 0.251 e. The minimum atomic E-state index is -0.529. The van der Waals surface area contributed by atoms with E-state index in [-0.39, 0.29) is 25.7 Å². The molecule has 28 heavy (non-hydrogen) atoms. The van der Waals surface area contributed by atoms with Crippen molar-refractivity contribution >= 4 is 23.4 Å². The van der Waals surface area contributed by atoms with Crippen molar-refractivity contribution in [1.29, 1.82) is 0 Å². The van der Waals surface area contributed by atoms with Gasteiger partial charge in [0.25, 0.3) is 5.91 Å². The summed E-state index contributed by atoms with van der Waals surface area (Å²) in [5.74, 6) is -0.809. The predicted octanol–water partition coefficient (Wildman–Crippen LogP) is 3.01. The lowest BCUT2D eigenvalue weighted by Crippen LogP contribution is -2.39. The van der Waals surface area contributed by atoms with Crippen LogP contribution in [0.1, 0.15) is 23.2 Å². The predicted molar refractivity (Wildman–Crippen MR) is 105 cm³/mol. The summed E-state index contributed by atoms with van der Waals surface area (Å²) in [6.07, 6.45) is 0.359. The highest BCUT2D eigenvalue weighted by Gasteiger charge is 2.16. The summed E-state index contributed by atoms with van der Waals surface area (Å²) in [6.45, 7) is 0.259. The first-order valence-corrected chi connectivity index (χ1v) is 9.07. The second-order valence-electron chi connectivity index (χ2n) is 6.11. The molecule has 2 amide bonds. The van der Waals surface area contributed by atoms with Crippen LogP contribution >= 0.6 is 11.6 Å². The molecule has 0 saturated heterocycles. The topological polar surface area (TPSA) is 96.9 Å². The highest BCUT2D eigenvalue weighted by atomic mass is 35.5. The number of benzene rings is 2. The molecule has 0 bridgehead atoms. The number of hydrogen-bond acceptors (Lipinski definition) is 5. The van der Waals surface area contributed by atoms with Crippen LogP contribution in [0.3, 0.4) is 0 Å². The summed E-state index contributed by atoms with van der Waals surface area (Å²) < 4.78 is 10.1. The van der Waals surface area contributed by atoms with Crippen LogP contribution in [0.25, 0.3) is 11.1 Å². The number of hydroxylamine groups is 1. The minimum absolute atomic E-state index is 0.0489. The third-order valence-corrected chi connectivity index (χ3v) is 4.28. The van der Waals surface area contributed by atoms with Crippen LogP contribution in [0, 0.1) is 0 Å². The molecule has 0 aliphatic carbocycles. The number of amides is 2. The van der Waals surface area contributed by atoms with E-state index < -0.39 is 11.9 Å². The highest BCUT2D eigenvalue weighted by Crippen LogP contribution is 2.22. The van der Waals surface area contributed by atoms with Gasteiger partial charge >= 0.3 is 0 Å². The van der Waals surface area contributed by atoms with Crippen LogP contribution in [-0.4, -0.2) is 43.6 Å². The molecular weight excluding hydrogens is 384 g/mol. The summed E-state index contributed by atoms with van der Waals surface area (Å²) in [7, 11) is 1.50. The van der Waals surface area contributed by atoms with Crippen LogP contribution in [0.15, 0.2) is 48.5 Å². The lowest BCUT2D eigenvalue weighted by atomic mass is 10.0. The SMILES string of the molecule is COCOC[C@H](CCC(=O)NO)NC(=O)c1ccc(-c2ccc(Cl)cc2)cc1. The van der Waals surface area contributed by atoms with Crippen molar-refractivity contribution in [3.63, 3.8) is 0 Å². The van der Waals surface area contributed by atoms with Crippen LogP contribution in [0.2, 0.25) is 5.02 Å². The minimum Gasteiger partial charge on any atom is -0.359 e. The van der Waals surface area contributed by atoms with Crippen molar-refractivity contribution in [3.8, 4) is 11.1 Å². The molecule has 0 unspecified atom stereocenters. The van der Waals surface area contributed by atoms with Crippen molar-refractivity contribution in [2.24, 2.45) is 0 Å². The molecule has 0 fully saturated rings. The molecule has 2 aromatic carbocycles. The maximum atomic E-state index is 12.5. The Morgan fingerprint density at radius 2 is 1.68 bits per heavy atom. The summed E-state index contributed by atoms with van der Waals surface area (Å²) in [4.78, 5) is 23.8. The van der Waals surface area contributed by atoms with Crippen LogP contribution in [0.4, 0.5) is 0 Å². The standard InChI is InChI=1S/C20H23ClN2O5/c1-27-13-28-12-18(10-11-19(24)23-26)22-20(25)16-4-2-14(3-5-16)15-6-8-17(21)9-7-15/h2-9,18,26H,10-13H2,1H3,(H,22,25)(H,23,24)/t18-/m0/s1. The van der Waals surface area contributed by atoms with Crippen molar-refractivity contribution in [2.75, 3.05) is 20.5 Å². The first kappa shape index (κ1) is 21.8. The summed E-state index contributed by atoms with van der Waals surface area (Å²) >= 11 is 5.90. The van der Waals surface area contributed by atoms with Crippen LogP contribution in [-0.2, 0) is 14.3 Å². The summed E-state index contributed by atoms with van der Waals surface area (Å²) in [5.41, 5.74) is 4.02. The highest BCUT2D eigenvalue weighted by molar-refractivity contribution is 6.30. The van der Waals surface area contributed by atoms with Gasteiger partial charge in [-0.25, -0.2) is 5.48 Å². The number of carbonyl (C=O) groups excluding carboxylic acids is 2. The molecule has 0 saturated carbocycles. The number of hydrogen-bond donors (Lipinski definition) is 3. The van der Waals surface area contributed by atoms with Gasteiger partial charge in [-0.05, 0) is 41.8 Å². The fourth-order valence-electron chi connectivity index (χ4n) is 2.56. The van der Waals surface area contributed by atoms with E-state index in [9.17, 15) is 9.59 Å². The van der Waals surface area contributed by atoms with Crippen LogP contribution in [0.5, 0.6) is 0 Å². The quantitative estimate of drug-likeness (QED) is 0.244. The van der Waals surface area contributed by atoms with Gasteiger partial charge in [0.05, 0.1) is 12.6 Å². The van der Waals surface area contributed by atoms with Gasteiger partial charge < -0.3 is 14.8 Å². The molecule has 2 rings (SSSR count). The zero-order valence-electron chi connectivity index (χ0n) is 15.5. The van der Waals surface area contributed by atoms with Crippen molar-refractivity contribution < 1.29 is 24.3 Å². The van der Waals surface area contributed by atoms with E-state index in [4.69, 9.17) is 26.3 Å². The normalized spacial score (nSPS) is 11.7. The fraction of sp³-hybridized carbons (Fsp3) is 0.300. The van der Waals surface area contributed by atoms with E-state index >= 15 is 0 Å². The van der Waals surface area contributed by atoms with Gasteiger partial charge in [-0.15, -0.1) is 0 Å². The average Bonchev–Trinajstić information content (AvgIpc) is 2.72. The van der Waals surface area contributed by atoms with Gasteiger partial charge in [-0.3, -0.25) is 14.8 Å². The monoisotopic (exact) mass is 406 g/mol. The maximum absolute atomic E-state index is 12.5. The largest absolute Gasteiger partial charge is 0.359 e. The third-order valence-electron chi connectivity index (χ3n) is 4.02. The molecule has 8 heteroatoms. The number of carbonyl (C=O) groups is 2. The Labute approximate surface area is 168 Å². The van der Waals surface area contributed by atoms with E-state index in [0.717, 1.165) is 11.1 Å². The molecule has 150 valence electrons. The Hall–Kier alpha value is -2.45. The number of rotatable bonds is 10. The van der Waals surface area contributed by atoms with Crippen molar-refractivity contribution in [1.82, 2.24) is 10.8 Å². The molecule has 0 heterocycles. The Balaban J connectivity index is 2.00. The molecule has 1 atom stereocenters. The van der Waals surface area contributed by atoms with E-state index in [1.807, 2.05) is 36.4 Å². The summed E-state index contributed by atoms with van der Waals surface area (Å²) in [6, 6.07) is 14.2. The molecule has 0 aromatic heterocycles. The molecule has 2 aromatic rings. The zero-order chi connectivity index (χ0) is 20.4. The first-order valence-electron chi connectivity index (χ1n) is 8.70. The lowest BCUT2D eigenvalue weighted by molar-refractivity contribution is -0.129. The Morgan fingerprint density at radius 1 is 1.07 bits per heavy atom. The van der Waals surface area contributed by atoms with E-state index in [1.165, 1.54) is 7.11 Å². The number of nitrogens with one attached hydrogen (secondary N) is 2. The Kier molecular flexibility index (Phi) is 8.90. The maximum Gasteiger partial charge on any atom is 0.251 e. The van der Waals surface area contributed by atoms with Crippen molar-refractivity contribution in [3.05, 3.63) is 59.1 Å². The summed E-state index contributed by atoms with van der Waals surface area (Å²) in [5, 5.41) is 12.1. The van der Waals surface area contributed by atoms with E-state index in [1.54, 1.807) is 17.6 Å². The third kappa shape index (κ3) is 6.94. The average molecular weight is 407 g/mol. The van der Waals surface area contributed by atoms with Gasteiger partial charge in [-0.1, -0.05) is 35.9 Å². The Bertz CT molecular complexity index is 765. The number of halogens is 1. The second-order valence-corrected chi connectivity index (χ2v) is 6.54. The number of ether oxygens (including phenoxy) is 2. The van der Waals surface area contributed by atoms with Crippen LogP contribution < -0.4 is 10.8 Å². The molecule has 0 radical (unpaired) electrons. The second kappa shape index (κ2) is 11.4. The van der Waals surface area contributed by atoms with Gasteiger partial charge in [0.2, 0.25) is 5.91 Å². The molecule has 0 spiro atoms. The molecule has 3 N–H and O–H groups in total. The molecule has 0 aliphatic heterocycles. The first-order chi connectivity index (χ1) is 13.5. The molecular formula is C20H23ClN2O5.